The van der Waals surface area contributed by atoms with Crippen molar-refractivity contribution in [3.8, 4) is 11.5 Å². The minimum atomic E-state index is 0.144. The summed E-state index contributed by atoms with van der Waals surface area (Å²) in [7, 11) is 0. The molecule has 8 rings (SSSR count). The minimum Gasteiger partial charge on any atom is -0.508 e. The van der Waals surface area contributed by atoms with Crippen molar-refractivity contribution < 1.29 is 20.4 Å². The molecule has 6 aromatic carbocycles. The van der Waals surface area contributed by atoms with Crippen molar-refractivity contribution in [1.29, 1.82) is 0 Å². The summed E-state index contributed by atoms with van der Waals surface area (Å²) in [6.07, 6.45) is 2.91. The summed E-state index contributed by atoms with van der Waals surface area (Å²) in [5.74, 6) is 0.514. The molecule has 6 aromatic rings. The van der Waals surface area contributed by atoms with Crippen LogP contribution < -0.4 is 9.80 Å². The van der Waals surface area contributed by atoms with Crippen LogP contribution >= 0.6 is 0 Å². The molecule has 2 heterocycles. The van der Waals surface area contributed by atoms with E-state index in [0.717, 1.165) is 110 Å². The number of phenols is 2. The summed E-state index contributed by atoms with van der Waals surface area (Å²) < 4.78 is 0. The Kier molecular flexibility index (Phi) is 18.1. The molecule has 2 aliphatic rings. The van der Waals surface area contributed by atoms with Crippen LogP contribution in [0.15, 0.2) is 158 Å². The van der Waals surface area contributed by atoms with Crippen molar-refractivity contribution in [2.24, 2.45) is 0 Å². The maximum Gasteiger partial charge on any atom is 0.116 e. The van der Waals surface area contributed by atoms with Gasteiger partial charge in [0.15, 0.2) is 0 Å². The highest BCUT2D eigenvalue weighted by Gasteiger charge is 2.22. The van der Waals surface area contributed by atoms with Crippen LogP contribution in [0, 0.1) is 0 Å². The highest BCUT2D eigenvalue weighted by atomic mass is 16.3. The number of hydrogen-bond acceptors (Lipinski definition) is 8. The molecule has 0 atom stereocenters. The van der Waals surface area contributed by atoms with Gasteiger partial charge in [-0.3, -0.25) is 9.80 Å². The monoisotopic (exact) mass is 913 g/mol. The van der Waals surface area contributed by atoms with Gasteiger partial charge in [-0.05, 0) is 158 Å². The molecule has 8 heteroatoms. The van der Waals surface area contributed by atoms with E-state index in [9.17, 15) is 20.4 Å². The molecule has 0 amide bonds. The average Bonchev–Trinajstić information content (AvgIpc) is 3.38. The van der Waals surface area contributed by atoms with Crippen molar-refractivity contribution in [2.45, 2.75) is 65.5 Å². The van der Waals surface area contributed by atoms with E-state index in [1.54, 1.807) is 18.2 Å². The lowest BCUT2D eigenvalue weighted by Gasteiger charge is -2.38. The van der Waals surface area contributed by atoms with Gasteiger partial charge in [-0.2, -0.15) is 0 Å². The second-order valence-corrected chi connectivity index (χ2v) is 18.5. The molecular weight excluding hydrogens is 841 g/mol. The van der Waals surface area contributed by atoms with Gasteiger partial charge < -0.3 is 30.2 Å². The number of aliphatic hydroxyl groups is 2. The molecule has 4 N–H and O–H groups in total. The van der Waals surface area contributed by atoms with Gasteiger partial charge in [0.05, 0.1) is 0 Å². The summed E-state index contributed by atoms with van der Waals surface area (Å²) in [5, 5.41) is 39.3. The maximum absolute atomic E-state index is 10.2. The third kappa shape index (κ3) is 13.1. The number of benzene rings is 6. The summed E-state index contributed by atoms with van der Waals surface area (Å²) >= 11 is 0. The highest BCUT2D eigenvalue weighted by Crippen LogP contribution is 2.38. The lowest BCUT2D eigenvalue weighted by atomic mass is 9.87. The fourth-order valence-corrected chi connectivity index (χ4v) is 9.61. The number of aliphatic hydroxyl groups excluding tert-OH is 2. The number of rotatable bonds is 16. The molecule has 356 valence electrons. The first-order valence-corrected chi connectivity index (χ1v) is 24.7. The molecule has 0 aromatic heterocycles. The number of allylic oxidation sites excluding steroid dienone is 2. The van der Waals surface area contributed by atoms with Crippen LogP contribution in [0.1, 0.15) is 86.8 Å². The van der Waals surface area contributed by atoms with Crippen LogP contribution in [-0.4, -0.2) is 108 Å². The number of hydrogen-bond donors (Lipinski definition) is 4. The van der Waals surface area contributed by atoms with E-state index in [1.807, 2.05) is 48.5 Å². The van der Waals surface area contributed by atoms with Gasteiger partial charge in [0, 0.05) is 89.0 Å². The number of phenolic OH excluding ortho intramolecular Hbond substituents is 2. The molecule has 2 saturated heterocycles. The van der Waals surface area contributed by atoms with Gasteiger partial charge >= 0.3 is 0 Å². The molecule has 2 aliphatic heterocycles. The number of anilines is 2. The third-order valence-electron chi connectivity index (χ3n) is 13.4. The van der Waals surface area contributed by atoms with Crippen LogP contribution in [-0.2, 0) is 0 Å². The zero-order chi connectivity index (χ0) is 47.8. The Morgan fingerprint density at radius 3 is 1.13 bits per heavy atom. The largest absolute Gasteiger partial charge is 0.508 e. The summed E-state index contributed by atoms with van der Waals surface area (Å²) in [6.45, 7) is 17.9. The number of aromatic hydroxyl groups is 2. The van der Waals surface area contributed by atoms with E-state index in [0.29, 0.717) is 24.9 Å². The van der Waals surface area contributed by atoms with Gasteiger partial charge in [-0.15, -0.1) is 0 Å². The normalized spacial score (nSPS) is 15.5. The summed E-state index contributed by atoms with van der Waals surface area (Å²) in [4.78, 5) is 9.99. The lowest BCUT2D eigenvalue weighted by Crippen LogP contribution is -2.48. The molecule has 0 spiro atoms. The molecule has 0 saturated carbocycles. The lowest BCUT2D eigenvalue weighted by molar-refractivity contribution is 0.209. The fraction of sp³-hybridized carbons (Fsp3) is 0.333. The summed E-state index contributed by atoms with van der Waals surface area (Å²) in [5.41, 5.74) is 13.8. The highest BCUT2D eigenvalue weighted by molar-refractivity contribution is 6.00. The molecule has 0 aliphatic carbocycles. The average molecular weight is 913 g/mol. The van der Waals surface area contributed by atoms with Gasteiger partial charge in [0.25, 0.3) is 0 Å². The molecular formula is C60H72N4O4. The Labute approximate surface area is 405 Å². The van der Waals surface area contributed by atoms with Crippen molar-refractivity contribution in [2.75, 3.05) is 75.4 Å². The Bertz CT molecular complexity index is 2500. The van der Waals surface area contributed by atoms with E-state index in [4.69, 9.17) is 0 Å². The first-order valence-electron chi connectivity index (χ1n) is 24.7. The molecule has 8 nitrogen and oxygen atoms in total. The van der Waals surface area contributed by atoms with Crippen molar-refractivity contribution in [3.05, 3.63) is 191 Å². The molecule has 0 radical (unpaired) electrons. The van der Waals surface area contributed by atoms with E-state index in [1.165, 1.54) is 22.5 Å². The third-order valence-corrected chi connectivity index (χ3v) is 13.4. The number of nitrogens with zero attached hydrogens (tertiary/aromatic N) is 4. The molecule has 2 fully saturated rings. The quantitative estimate of drug-likeness (QED) is 0.0714. The van der Waals surface area contributed by atoms with E-state index in [-0.39, 0.29) is 24.7 Å². The zero-order valence-corrected chi connectivity index (χ0v) is 40.6. The molecule has 0 bridgehead atoms. The fourth-order valence-electron chi connectivity index (χ4n) is 9.61. The second-order valence-electron chi connectivity index (χ2n) is 18.5. The Morgan fingerprint density at radius 2 is 0.765 bits per heavy atom. The van der Waals surface area contributed by atoms with E-state index >= 15 is 0 Å². The van der Waals surface area contributed by atoms with Gasteiger partial charge in [0.2, 0.25) is 0 Å². The predicted octanol–water partition coefficient (Wildman–Crippen LogP) is 11.3. The van der Waals surface area contributed by atoms with E-state index < -0.39 is 0 Å². The van der Waals surface area contributed by atoms with Crippen LogP contribution in [0.25, 0.3) is 22.3 Å². The smallest absolute Gasteiger partial charge is 0.116 e. The van der Waals surface area contributed by atoms with Crippen LogP contribution in [0.4, 0.5) is 11.4 Å². The minimum absolute atomic E-state index is 0.144. The van der Waals surface area contributed by atoms with Gasteiger partial charge in [-0.1, -0.05) is 109 Å². The zero-order valence-electron chi connectivity index (χ0n) is 40.6. The predicted molar refractivity (Wildman–Crippen MR) is 284 cm³/mol. The van der Waals surface area contributed by atoms with Gasteiger partial charge in [0.1, 0.15) is 11.5 Å². The first-order chi connectivity index (χ1) is 33.1. The van der Waals surface area contributed by atoms with Crippen LogP contribution in [0.2, 0.25) is 0 Å². The number of piperazine rings is 2. The Hall–Kier alpha value is -6.16. The molecule has 0 unspecified atom stereocenters. The maximum atomic E-state index is 10.2. The Balaban J connectivity index is 0.000000201. The van der Waals surface area contributed by atoms with Crippen LogP contribution in [0.5, 0.6) is 11.5 Å². The SMILES string of the molecule is CC(C)N1CCN(c2ccc(/C(=C(/CCCO)c3ccccc3)c3ccc(O)cc3)cc2)CC1.CC(C)N1CCN(c2ccc(/C(=C(/CCCO)c3ccccc3)c3cccc(O)c3)cc2)CC1. The molecule has 68 heavy (non-hydrogen) atoms. The van der Waals surface area contributed by atoms with Crippen LogP contribution in [0.3, 0.4) is 0 Å². The topological polar surface area (TPSA) is 93.9 Å². The van der Waals surface area contributed by atoms with E-state index in [2.05, 4.69) is 138 Å². The Morgan fingerprint density at radius 1 is 0.397 bits per heavy atom. The van der Waals surface area contributed by atoms with Crippen molar-refractivity contribution in [1.82, 2.24) is 9.80 Å². The summed E-state index contributed by atoms with van der Waals surface area (Å²) in [6, 6.07) is 54.6. The second kappa shape index (κ2) is 24.7. The van der Waals surface area contributed by atoms with Gasteiger partial charge in [-0.25, -0.2) is 0 Å². The first kappa shape index (κ1) is 49.7. The van der Waals surface area contributed by atoms with Crippen molar-refractivity contribution >= 4 is 33.7 Å². The standard InChI is InChI=1S/2C30H36N2O2/c1-23(2)31-17-19-32(20-18-31)27-15-13-25(14-16-27)30(26-10-6-11-28(34)22-26)29(12-7-21-33)24-8-4-3-5-9-24;1-23(2)31-18-20-32(21-19-31)27-14-10-25(11-15-27)30(26-12-16-28(34)17-13-26)29(9-6-22-33)24-7-4-3-5-8-24/h3-6,8-11,13-16,22-23,33-34H,7,12,17-21H2,1-2H3;3-5,7-8,10-17,23,33-34H,6,9,18-22H2,1-2H3/b2*30-29+. The van der Waals surface area contributed by atoms with Crippen molar-refractivity contribution in [3.63, 3.8) is 0 Å².